The molecule has 5 nitrogen and oxygen atoms in total. The molecule has 0 aromatic heterocycles. The van der Waals surface area contributed by atoms with Crippen molar-refractivity contribution in [2.75, 3.05) is 5.32 Å². The molecule has 1 saturated carbocycles. The van der Waals surface area contributed by atoms with Crippen molar-refractivity contribution in [2.24, 2.45) is 11.1 Å². The molecule has 0 atom stereocenters. The molecule has 0 unspecified atom stereocenters. The molecular formula is C15H22N2O3S. The van der Waals surface area contributed by atoms with Gasteiger partial charge in [-0.3, -0.25) is 4.79 Å². The second kappa shape index (κ2) is 6.58. The van der Waals surface area contributed by atoms with E-state index in [-0.39, 0.29) is 10.8 Å². The molecule has 3 N–H and O–H groups in total. The summed E-state index contributed by atoms with van der Waals surface area (Å²) in [5.41, 5.74) is 1.33. The summed E-state index contributed by atoms with van der Waals surface area (Å²) < 4.78 is 22.5. The minimum atomic E-state index is -3.71. The zero-order chi connectivity index (χ0) is 15.5. The van der Waals surface area contributed by atoms with Gasteiger partial charge >= 0.3 is 0 Å². The highest BCUT2D eigenvalue weighted by atomic mass is 32.2. The Morgan fingerprint density at radius 3 is 2.52 bits per heavy atom. The van der Waals surface area contributed by atoms with Crippen molar-refractivity contribution in [3.05, 3.63) is 23.8 Å². The molecule has 0 radical (unpaired) electrons. The molecule has 0 heterocycles. The molecule has 0 bridgehead atoms. The van der Waals surface area contributed by atoms with Gasteiger partial charge in [-0.1, -0.05) is 19.3 Å². The molecule has 2 rings (SSSR count). The first kappa shape index (κ1) is 16.0. The number of nitrogens with one attached hydrogen (secondary N) is 1. The van der Waals surface area contributed by atoms with Crippen LogP contribution in [0.25, 0.3) is 0 Å². The van der Waals surface area contributed by atoms with Gasteiger partial charge in [-0.05, 0) is 49.4 Å². The Labute approximate surface area is 126 Å². The Balaban J connectivity index is 2.00. The fourth-order valence-electron chi connectivity index (χ4n) is 2.81. The van der Waals surface area contributed by atoms with Crippen molar-refractivity contribution in [3.63, 3.8) is 0 Å². The minimum absolute atomic E-state index is 0.00615. The quantitative estimate of drug-likeness (QED) is 0.895. The lowest BCUT2D eigenvalue weighted by Crippen LogP contribution is -2.19. The van der Waals surface area contributed by atoms with Crippen LogP contribution in [0, 0.1) is 12.8 Å². The maximum atomic E-state index is 12.1. The number of sulfonamides is 1. The standard InChI is InChI=1S/C15H22N2O3S/c1-11-9-13(21(16,19)20)7-8-14(11)17-15(18)10-12-5-3-2-4-6-12/h7-9,12H,2-6,10H2,1H3,(H,17,18)(H2,16,19,20). The molecule has 6 heteroatoms. The normalized spacial score (nSPS) is 16.7. The third kappa shape index (κ3) is 4.54. The largest absolute Gasteiger partial charge is 0.326 e. The van der Waals surface area contributed by atoms with Crippen LogP contribution in [-0.4, -0.2) is 14.3 Å². The number of carbonyl (C=O) groups excluding carboxylic acids is 1. The van der Waals surface area contributed by atoms with Crippen molar-refractivity contribution in [2.45, 2.75) is 50.3 Å². The van der Waals surface area contributed by atoms with Crippen LogP contribution in [-0.2, 0) is 14.8 Å². The van der Waals surface area contributed by atoms with Crippen molar-refractivity contribution in [1.29, 1.82) is 0 Å². The van der Waals surface area contributed by atoms with Crippen LogP contribution < -0.4 is 10.5 Å². The summed E-state index contributed by atoms with van der Waals surface area (Å²) in [6.07, 6.45) is 6.47. The van der Waals surface area contributed by atoms with Gasteiger partial charge in [-0.15, -0.1) is 0 Å². The molecule has 21 heavy (non-hydrogen) atoms. The molecular weight excluding hydrogens is 288 g/mol. The van der Waals surface area contributed by atoms with E-state index in [1.807, 2.05) is 0 Å². The van der Waals surface area contributed by atoms with E-state index in [0.29, 0.717) is 23.6 Å². The zero-order valence-electron chi connectivity index (χ0n) is 12.3. The number of carbonyl (C=O) groups is 1. The molecule has 1 aliphatic carbocycles. The average Bonchev–Trinajstić information content (AvgIpc) is 2.41. The number of amides is 1. The van der Waals surface area contributed by atoms with Crippen LogP contribution in [0.3, 0.4) is 0 Å². The lowest BCUT2D eigenvalue weighted by atomic mass is 9.87. The first-order valence-electron chi connectivity index (χ1n) is 7.29. The first-order valence-corrected chi connectivity index (χ1v) is 8.84. The van der Waals surface area contributed by atoms with Gasteiger partial charge in [0.2, 0.25) is 15.9 Å². The number of aryl methyl sites for hydroxylation is 1. The molecule has 0 saturated heterocycles. The Bertz CT molecular complexity index is 620. The monoisotopic (exact) mass is 310 g/mol. The lowest BCUT2D eigenvalue weighted by Gasteiger charge is -2.21. The number of primary sulfonamides is 1. The summed E-state index contributed by atoms with van der Waals surface area (Å²) in [6, 6.07) is 4.48. The lowest BCUT2D eigenvalue weighted by molar-refractivity contribution is -0.117. The third-order valence-corrected chi connectivity index (χ3v) is 4.91. The van der Waals surface area contributed by atoms with E-state index in [4.69, 9.17) is 5.14 Å². The van der Waals surface area contributed by atoms with E-state index in [1.54, 1.807) is 13.0 Å². The fourth-order valence-corrected chi connectivity index (χ4v) is 3.41. The molecule has 1 aromatic carbocycles. The maximum absolute atomic E-state index is 12.1. The van der Waals surface area contributed by atoms with Crippen molar-refractivity contribution >= 4 is 21.6 Å². The summed E-state index contributed by atoms with van der Waals surface area (Å²) in [5, 5.41) is 7.95. The van der Waals surface area contributed by atoms with Gasteiger partial charge in [0.25, 0.3) is 0 Å². The molecule has 1 fully saturated rings. The number of hydrogen-bond acceptors (Lipinski definition) is 3. The topological polar surface area (TPSA) is 89.3 Å². The van der Waals surface area contributed by atoms with E-state index in [2.05, 4.69) is 5.32 Å². The van der Waals surface area contributed by atoms with Crippen LogP contribution in [0.15, 0.2) is 23.1 Å². The molecule has 1 aromatic rings. The summed E-state index contributed by atoms with van der Waals surface area (Å²) >= 11 is 0. The Morgan fingerprint density at radius 2 is 1.95 bits per heavy atom. The maximum Gasteiger partial charge on any atom is 0.238 e. The van der Waals surface area contributed by atoms with Crippen LogP contribution in [0.1, 0.15) is 44.1 Å². The highest BCUT2D eigenvalue weighted by molar-refractivity contribution is 7.89. The van der Waals surface area contributed by atoms with E-state index in [9.17, 15) is 13.2 Å². The average molecular weight is 310 g/mol. The smallest absolute Gasteiger partial charge is 0.238 e. The molecule has 1 aliphatic rings. The predicted molar refractivity (Wildman–Crippen MR) is 82.4 cm³/mol. The van der Waals surface area contributed by atoms with Crippen molar-refractivity contribution in [3.8, 4) is 0 Å². The second-order valence-corrected chi connectivity index (χ2v) is 7.34. The summed E-state index contributed by atoms with van der Waals surface area (Å²) in [7, 11) is -3.71. The third-order valence-electron chi connectivity index (χ3n) is 4.00. The number of rotatable bonds is 4. The highest BCUT2D eigenvalue weighted by Crippen LogP contribution is 2.27. The SMILES string of the molecule is Cc1cc(S(N)(=O)=O)ccc1NC(=O)CC1CCCCC1. The van der Waals surface area contributed by atoms with Crippen LogP contribution >= 0.6 is 0 Å². The highest BCUT2D eigenvalue weighted by Gasteiger charge is 2.18. The van der Waals surface area contributed by atoms with Gasteiger partial charge in [0.05, 0.1) is 4.90 Å². The zero-order valence-corrected chi connectivity index (χ0v) is 13.1. The Hall–Kier alpha value is -1.40. The summed E-state index contributed by atoms with van der Waals surface area (Å²) in [4.78, 5) is 12.1. The van der Waals surface area contributed by atoms with E-state index >= 15 is 0 Å². The molecule has 116 valence electrons. The van der Waals surface area contributed by atoms with Gasteiger partial charge in [0.15, 0.2) is 0 Å². The molecule has 0 aliphatic heterocycles. The van der Waals surface area contributed by atoms with Gasteiger partial charge in [-0.2, -0.15) is 0 Å². The number of nitrogens with two attached hydrogens (primary N) is 1. The fraction of sp³-hybridized carbons (Fsp3) is 0.533. The Morgan fingerprint density at radius 1 is 1.29 bits per heavy atom. The Kier molecular flexibility index (Phi) is 5.00. The molecule has 1 amide bonds. The van der Waals surface area contributed by atoms with Gasteiger partial charge < -0.3 is 5.32 Å². The minimum Gasteiger partial charge on any atom is -0.326 e. The van der Waals surface area contributed by atoms with Gasteiger partial charge in [0, 0.05) is 12.1 Å². The summed E-state index contributed by atoms with van der Waals surface area (Å²) in [5.74, 6) is 0.469. The van der Waals surface area contributed by atoms with Crippen LogP contribution in [0.4, 0.5) is 5.69 Å². The number of benzene rings is 1. The van der Waals surface area contributed by atoms with Crippen molar-refractivity contribution in [1.82, 2.24) is 0 Å². The van der Waals surface area contributed by atoms with Gasteiger partial charge in [0.1, 0.15) is 0 Å². The predicted octanol–water partition coefficient (Wildman–Crippen LogP) is 2.55. The number of anilines is 1. The van der Waals surface area contributed by atoms with Crippen LogP contribution in [0.5, 0.6) is 0 Å². The number of hydrogen-bond donors (Lipinski definition) is 2. The van der Waals surface area contributed by atoms with E-state index in [0.717, 1.165) is 12.8 Å². The van der Waals surface area contributed by atoms with E-state index in [1.165, 1.54) is 31.4 Å². The van der Waals surface area contributed by atoms with Gasteiger partial charge in [-0.25, -0.2) is 13.6 Å². The molecule has 0 spiro atoms. The first-order chi connectivity index (χ1) is 9.86. The summed E-state index contributed by atoms with van der Waals surface area (Å²) in [6.45, 7) is 1.75. The van der Waals surface area contributed by atoms with Crippen molar-refractivity contribution < 1.29 is 13.2 Å². The second-order valence-electron chi connectivity index (χ2n) is 5.78. The van der Waals surface area contributed by atoms with Crippen LogP contribution in [0.2, 0.25) is 0 Å². The van der Waals surface area contributed by atoms with E-state index < -0.39 is 10.0 Å².